The Morgan fingerprint density at radius 2 is 2.45 bits per heavy atom. The van der Waals surface area contributed by atoms with Gasteiger partial charge in [0.15, 0.2) is 0 Å². The summed E-state index contributed by atoms with van der Waals surface area (Å²) in [5, 5.41) is 12.1. The molecule has 11 heavy (non-hydrogen) atoms. The molecule has 1 aliphatic rings. The van der Waals surface area contributed by atoms with Crippen LogP contribution in [0, 0.1) is 23.2 Å². The zero-order chi connectivity index (χ0) is 8.10. The van der Waals surface area contributed by atoms with E-state index >= 15 is 0 Å². The smallest absolute Gasteiger partial charge is 0.0659 e. The molecule has 0 amide bonds. The van der Waals surface area contributed by atoms with Crippen molar-refractivity contribution in [3.8, 4) is 6.07 Å². The highest BCUT2D eigenvalue weighted by molar-refractivity contribution is 4.91. The lowest BCUT2D eigenvalue weighted by molar-refractivity contribution is 0.291. The van der Waals surface area contributed by atoms with Crippen molar-refractivity contribution in [3.05, 3.63) is 0 Å². The quantitative estimate of drug-likeness (QED) is 0.651. The first-order valence-electron chi connectivity index (χ1n) is 4.48. The predicted octanol–water partition coefficient (Wildman–Crippen LogP) is 1.54. The molecule has 2 heteroatoms. The van der Waals surface area contributed by atoms with Gasteiger partial charge in [-0.1, -0.05) is 13.3 Å². The van der Waals surface area contributed by atoms with Gasteiger partial charge in [0.1, 0.15) is 0 Å². The summed E-state index contributed by atoms with van der Waals surface area (Å²) in [5.74, 6) is 0.926. The number of hydrogen-bond acceptors (Lipinski definition) is 2. The van der Waals surface area contributed by atoms with Crippen LogP contribution >= 0.6 is 0 Å². The van der Waals surface area contributed by atoms with Gasteiger partial charge in [0.05, 0.1) is 12.0 Å². The maximum absolute atomic E-state index is 8.81. The van der Waals surface area contributed by atoms with Crippen molar-refractivity contribution < 1.29 is 0 Å². The third-order valence-electron chi connectivity index (χ3n) is 2.43. The van der Waals surface area contributed by atoms with Crippen molar-refractivity contribution in [2.45, 2.75) is 26.2 Å². The highest BCUT2D eigenvalue weighted by atomic mass is 14.9. The summed E-state index contributed by atoms with van der Waals surface area (Å²) >= 11 is 0. The standard InChI is InChI=1S/C9H16N2/c1-2-3-9-7-11-5-4-8(9)6-10/h8-9,11H,2-5,7H2,1H3. The molecule has 0 saturated carbocycles. The van der Waals surface area contributed by atoms with E-state index in [1.165, 1.54) is 12.8 Å². The first kappa shape index (κ1) is 8.55. The molecular weight excluding hydrogens is 136 g/mol. The van der Waals surface area contributed by atoms with Gasteiger partial charge in [-0.3, -0.25) is 0 Å². The van der Waals surface area contributed by atoms with Crippen LogP contribution in [0.1, 0.15) is 26.2 Å². The van der Waals surface area contributed by atoms with E-state index in [4.69, 9.17) is 5.26 Å². The average Bonchev–Trinajstić information content (AvgIpc) is 2.06. The largest absolute Gasteiger partial charge is 0.316 e. The number of rotatable bonds is 2. The van der Waals surface area contributed by atoms with Crippen LogP contribution in [0.5, 0.6) is 0 Å². The molecule has 0 bridgehead atoms. The monoisotopic (exact) mass is 152 g/mol. The third kappa shape index (κ3) is 2.20. The fraction of sp³-hybridized carbons (Fsp3) is 0.889. The Hall–Kier alpha value is -0.550. The van der Waals surface area contributed by atoms with Gasteiger partial charge in [0.25, 0.3) is 0 Å². The van der Waals surface area contributed by atoms with Crippen molar-refractivity contribution in [2.75, 3.05) is 13.1 Å². The van der Waals surface area contributed by atoms with Crippen molar-refractivity contribution in [3.63, 3.8) is 0 Å². The van der Waals surface area contributed by atoms with Gasteiger partial charge < -0.3 is 5.32 Å². The zero-order valence-electron chi connectivity index (χ0n) is 7.14. The Morgan fingerprint density at radius 3 is 3.09 bits per heavy atom. The second kappa shape index (κ2) is 4.35. The number of hydrogen-bond donors (Lipinski definition) is 1. The van der Waals surface area contributed by atoms with Gasteiger partial charge in [0.2, 0.25) is 0 Å². The third-order valence-corrected chi connectivity index (χ3v) is 2.43. The van der Waals surface area contributed by atoms with Crippen LogP contribution in [0.25, 0.3) is 0 Å². The van der Waals surface area contributed by atoms with Gasteiger partial charge in [-0.05, 0) is 31.8 Å². The van der Waals surface area contributed by atoms with Crippen LogP contribution in [0.2, 0.25) is 0 Å². The molecule has 0 radical (unpaired) electrons. The Morgan fingerprint density at radius 1 is 1.64 bits per heavy atom. The van der Waals surface area contributed by atoms with Gasteiger partial charge in [-0.15, -0.1) is 0 Å². The zero-order valence-corrected chi connectivity index (χ0v) is 7.14. The molecule has 2 nitrogen and oxygen atoms in total. The van der Waals surface area contributed by atoms with Crippen LogP contribution in [-0.4, -0.2) is 13.1 Å². The molecule has 2 unspecified atom stereocenters. The van der Waals surface area contributed by atoms with Crippen LogP contribution in [0.15, 0.2) is 0 Å². The Bertz CT molecular complexity index is 146. The molecule has 0 aromatic rings. The lowest BCUT2D eigenvalue weighted by atomic mass is 9.85. The van der Waals surface area contributed by atoms with E-state index in [9.17, 15) is 0 Å². The predicted molar refractivity (Wildman–Crippen MR) is 45.0 cm³/mol. The average molecular weight is 152 g/mol. The normalized spacial score (nSPS) is 31.3. The summed E-state index contributed by atoms with van der Waals surface area (Å²) in [5.41, 5.74) is 0. The van der Waals surface area contributed by atoms with Crippen molar-refractivity contribution in [2.24, 2.45) is 11.8 Å². The number of nitriles is 1. The summed E-state index contributed by atoms with van der Waals surface area (Å²) in [6.07, 6.45) is 3.44. The number of piperidine rings is 1. The maximum atomic E-state index is 8.81. The second-order valence-electron chi connectivity index (χ2n) is 3.28. The molecule has 1 N–H and O–H groups in total. The SMILES string of the molecule is CCCC1CNCCC1C#N. The summed E-state index contributed by atoms with van der Waals surface area (Å²) in [6, 6.07) is 2.40. The minimum absolute atomic E-state index is 0.316. The van der Waals surface area contributed by atoms with Gasteiger partial charge in [-0.25, -0.2) is 0 Å². The second-order valence-corrected chi connectivity index (χ2v) is 3.28. The maximum Gasteiger partial charge on any atom is 0.0659 e. The molecule has 1 rings (SSSR count). The van der Waals surface area contributed by atoms with E-state index in [-0.39, 0.29) is 0 Å². The first-order valence-corrected chi connectivity index (χ1v) is 4.48. The molecule has 1 heterocycles. The summed E-state index contributed by atoms with van der Waals surface area (Å²) in [4.78, 5) is 0. The van der Waals surface area contributed by atoms with E-state index in [0.717, 1.165) is 19.5 Å². The fourth-order valence-corrected chi connectivity index (χ4v) is 1.77. The summed E-state index contributed by atoms with van der Waals surface area (Å²) in [7, 11) is 0. The van der Waals surface area contributed by atoms with E-state index in [0.29, 0.717) is 11.8 Å². The fourth-order valence-electron chi connectivity index (χ4n) is 1.77. The van der Waals surface area contributed by atoms with Crippen molar-refractivity contribution in [1.82, 2.24) is 5.32 Å². The van der Waals surface area contributed by atoms with E-state index < -0.39 is 0 Å². The minimum atomic E-state index is 0.316. The lowest BCUT2D eigenvalue weighted by Gasteiger charge is -2.26. The highest BCUT2D eigenvalue weighted by Gasteiger charge is 2.23. The van der Waals surface area contributed by atoms with Crippen LogP contribution in [-0.2, 0) is 0 Å². The summed E-state index contributed by atoms with van der Waals surface area (Å²) < 4.78 is 0. The molecule has 62 valence electrons. The molecule has 0 aromatic carbocycles. The molecule has 1 saturated heterocycles. The van der Waals surface area contributed by atoms with E-state index in [1.54, 1.807) is 0 Å². The van der Waals surface area contributed by atoms with Crippen LogP contribution in [0.4, 0.5) is 0 Å². The molecule has 0 spiro atoms. The molecule has 0 aliphatic carbocycles. The van der Waals surface area contributed by atoms with Crippen LogP contribution < -0.4 is 5.32 Å². The summed E-state index contributed by atoms with van der Waals surface area (Å²) in [6.45, 7) is 4.26. The minimum Gasteiger partial charge on any atom is -0.316 e. The van der Waals surface area contributed by atoms with E-state index in [2.05, 4.69) is 18.3 Å². The van der Waals surface area contributed by atoms with Crippen molar-refractivity contribution in [1.29, 1.82) is 5.26 Å². The van der Waals surface area contributed by atoms with Gasteiger partial charge >= 0.3 is 0 Å². The number of nitrogens with one attached hydrogen (secondary N) is 1. The molecule has 1 aliphatic heterocycles. The molecule has 1 fully saturated rings. The van der Waals surface area contributed by atoms with Crippen molar-refractivity contribution >= 4 is 0 Å². The topological polar surface area (TPSA) is 35.8 Å². The Kier molecular flexibility index (Phi) is 3.38. The molecule has 0 aromatic heterocycles. The molecule has 2 atom stereocenters. The molecular formula is C9H16N2. The highest BCUT2D eigenvalue weighted by Crippen LogP contribution is 2.22. The number of nitrogens with zero attached hydrogens (tertiary/aromatic N) is 1. The lowest BCUT2D eigenvalue weighted by Crippen LogP contribution is -2.35. The van der Waals surface area contributed by atoms with Gasteiger partial charge in [-0.2, -0.15) is 5.26 Å². The Labute approximate surface area is 68.6 Å². The Balaban J connectivity index is 2.39. The van der Waals surface area contributed by atoms with Crippen LogP contribution in [0.3, 0.4) is 0 Å². The van der Waals surface area contributed by atoms with E-state index in [1.807, 2.05) is 0 Å². The van der Waals surface area contributed by atoms with Gasteiger partial charge in [0, 0.05) is 0 Å². The first-order chi connectivity index (χ1) is 5.38.